The van der Waals surface area contributed by atoms with Gasteiger partial charge in [0.15, 0.2) is 0 Å². The van der Waals surface area contributed by atoms with Crippen molar-refractivity contribution in [3.63, 3.8) is 0 Å². The summed E-state index contributed by atoms with van der Waals surface area (Å²) in [7, 11) is 0. The number of hydrogen-bond acceptors (Lipinski definition) is 2. The van der Waals surface area contributed by atoms with Gasteiger partial charge in [-0.25, -0.2) is 0 Å². The molecule has 0 spiro atoms. The second-order valence-electron chi connectivity index (χ2n) is 4.99. The van der Waals surface area contributed by atoms with Crippen LogP contribution in [-0.2, 0) is 5.54 Å². The summed E-state index contributed by atoms with van der Waals surface area (Å²) in [5, 5.41) is 13.8. The minimum atomic E-state index is -0.528. The van der Waals surface area contributed by atoms with E-state index in [1.165, 1.54) is 5.56 Å². The second kappa shape index (κ2) is 5.64. The standard InChI is InChI=1S/C16H18ClNO/c1-12-3-9-15(10-4-12)18-16(2,11-19)13-5-7-14(17)8-6-13/h3-10,18-19H,11H2,1-2H3. The molecule has 0 aromatic heterocycles. The lowest BCUT2D eigenvalue weighted by atomic mass is 9.92. The Morgan fingerprint density at radius 2 is 1.63 bits per heavy atom. The van der Waals surface area contributed by atoms with Crippen molar-refractivity contribution in [3.05, 3.63) is 64.7 Å². The molecule has 0 fully saturated rings. The molecule has 100 valence electrons. The van der Waals surface area contributed by atoms with E-state index in [0.29, 0.717) is 5.02 Å². The predicted molar refractivity (Wildman–Crippen MR) is 80.7 cm³/mol. The summed E-state index contributed by atoms with van der Waals surface area (Å²) < 4.78 is 0. The highest BCUT2D eigenvalue weighted by Crippen LogP contribution is 2.27. The lowest BCUT2D eigenvalue weighted by molar-refractivity contribution is 0.224. The Morgan fingerprint density at radius 3 is 2.16 bits per heavy atom. The second-order valence-corrected chi connectivity index (χ2v) is 5.42. The van der Waals surface area contributed by atoms with Crippen LogP contribution in [-0.4, -0.2) is 11.7 Å². The van der Waals surface area contributed by atoms with Crippen molar-refractivity contribution in [3.8, 4) is 0 Å². The van der Waals surface area contributed by atoms with Gasteiger partial charge in [0.1, 0.15) is 0 Å². The number of halogens is 1. The van der Waals surface area contributed by atoms with E-state index in [1.54, 1.807) is 0 Å². The van der Waals surface area contributed by atoms with Crippen molar-refractivity contribution in [2.24, 2.45) is 0 Å². The maximum atomic E-state index is 9.73. The van der Waals surface area contributed by atoms with Gasteiger partial charge in [-0.2, -0.15) is 0 Å². The summed E-state index contributed by atoms with van der Waals surface area (Å²) in [6.45, 7) is 4.02. The van der Waals surface area contributed by atoms with E-state index in [0.717, 1.165) is 11.3 Å². The van der Waals surface area contributed by atoms with Gasteiger partial charge in [0.2, 0.25) is 0 Å². The number of anilines is 1. The van der Waals surface area contributed by atoms with Crippen molar-refractivity contribution in [1.82, 2.24) is 0 Å². The molecule has 0 heterocycles. The Balaban J connectivity index is 2.27. The topological polar surface area (TPSA) is 32.3 Å². The van der Waals surface area contributed by atoms with Crippen LogP contribution in [0.3, 0.4) is 0 Å². The fraction of sp³-hybridized carbons (Fsp3) is 0.250. The number of nitrogens with one attached hydrogen (secondary N) is 1. The van der Waals surface area contributed by atoms with E-state index < -0.39 is 5.54 Å². The molecule has 0 aliphatic rings. The molecule has 2 N–H and O–H groups in total. The van der Waals surface area contributed by atoms with Gasteiger partial charge in [0, 0.05) is 10.7 Å². The zero-order valence-corrected chi connectivity index (χ0v) is 11.9. The van der Waals surface area contributed by atoms with Gasteiger partial charge in [0.05, 0.1) is 12.1 Å². The van der Waals surface area contributed by atoms with E-state index in [-0.39, 0.29) is 6.61 Å². The molecule has 0 bridgehead atoms. The molecule has 0 aliphatic carbocycles. The third kappa shape index (κ3) is 3.28. The number of aryl methyl sites for hydroxylation is 1. The molecule has 1 atom stereocenters. The molecular formula is C16H18ClNO. The molecule has 0 saturated carbocycles. The van der Waals surface area contributed by atoms with Gasteiger partial charge >= 0.3 is 0 Å². The van der Waals surface area contributed by atoms with Crippen LogP contribution in [0.1, 0.15) is 18.1 Å². The molecule has 3 heteroatoms. The molecule has 2 aromatic rings. The fourth-order valence-corrected chi connectivity index (χ4v) is 2.10. The smallest absolute Gasteiger partial charge is 0.0828 e. The Hall–Kier alpha value is -1.51. The minimum Gasteiger partial charge on any atom is -0.394 e. The lowest BCUT2D eigenvalue weighted by Gasteiger charge is -2.30. The van der Waals surface area contributed by atoms with Crippen molar-refractivity contribution < 1.29 is 5.11 Å². The average molecular weight is 276 g/mol. The summed E-state index contributed by atoms with van der Waals surface area (Å²) >= 11 is 5.90. The monoisotopic (exact) mass is 275 g/mol. The van der Waals surface area contributed by atoms with Crippen LogP contribution >= 0.6 is 11.6 Å². The molecular weight excluding hydrogens is 258 g/mol. The summed E-state index contributed by atoms with van der Waals surface area (Å²) in [6.07, 6.45) is 0. The third-order valence-corrected chi connectivity index (χ3v) is 3.52. The Labute approximate surface area is 119 Å². The van der Waals surface area contributed by atoms with Gasteiger partial charge in [-0.15, -0.1) is 0 Å². The zero-order valence-electron chi connectivity index (χ0n) is 11.2. The summed E-state index contributed by atoms with van der Waals surface area (Å²) in [6, 6.07) is 15.6. The van der Waals surface area contributed by atoms with Gasteiger partial charge in [-0.1, -0.05) is 41.4 Å². The first-order valence-electron chi connectivity index (χ1n) is 6.25. The highest BCUT2D eigenvalue weighted by molar-refractivity contribution is 6.30. The Kier molecular flexibility index (Phi) is 4.13. The summed E-state index contributed by atoms with van der Waals surface area (Å²) in [4.78, 5) is 0. The van der Waals surface area contributed by atoms with E-state index in [9.17, 15) is 5.11 Å². The SMILES string of the molecule is Cc1ccc(NC(C)(CO)c2ccc(Cl)cc2)cc1. The van der Waals surface area contributed by atoms with Crippen LogP contribution in [0.2, 0.25) is 5.02 Å². The van der Waals surface area contributed by atoms with E-state index >= 15 is 0 Å². The van der Waals surface area contributed by atoms with E-state index in [2.05, 4.69) is 5.32 Å². The zero-order chi connectivity index (χ0) is 13.9. The van der Waals surface area contributed by atoms with Crippen LogP contribution in [0.5, 0.6) is 0 Å². The maximum absolute atomic E-state index is 9.73. The molecule has 0 amide bonds. The molecule has 2 rings (SSSR count). The van der Waals surface area contributed by atoms with E-state index in [1.807, 2.05) is 62.4 Å². The van der Waals surface area contributed by atoms with Gasteiger partial charge in [0.25, 0.3) is 0 Å². The van der Waals surface area contributed by atoms with E-state index in [4.69, 9.17) is 11.6 Å². The first kappa shape index (κ1) is 13.9. The largest absolute Gasteiger partial charge is 0.394 e. The maximum Gasteiger partial charge on any atom is 0.0828 e. The number of rotatable bonds is 4. The third-order valence-electron chi connectivity index (χ3n) is 3.27. The lowest BCUT2D eigenvalue weighted by Crippen LogP contribution is -2.35. The predicted octanol–water partition coefficient (Wildman–Crippen LogP) is 3.97. The van der Waals surface area contributed by atoms with Gasteiger partial charge in [-0.3, -0.25) is 0 Å². The number of benzene rings is 2. The van der Waals surface area contributed by atoms with Crippen molar-refractivity contribution in [1.29, 1.82) is 0 Å². The highest BCUT2D eigenvalue weighted by atomic mass is 35.5. The average Bonchev–Trinajstić information content (AvgIpc) is 2.42. The van der Waals surface area contributed by atoms with Crippen LogP contribution in [0, 0.1) is 6.92 Å². The van der Waals surface area contributed by atoms with Crippen molar-refractivity contribution in [2.45, 2.75) is 19.4 Å². The quantitative estimate of drug-likeness (QED) is 0.885. The van der Waals surface area contributed by atoms with Crippen LogP contribution in [0.15, 0.2) is 48.5 Å². The molecule has 0 aliphatic heterocycles. The summed E-state index contributed by atoms with van der Waals surface area (Å²) in [5.41, 5.74) is 2.67. The normalized spacial score (nSPS) is 13.9. The molecule has 1 unspecified atom stereocenters. The minimum absolute atomic E-state index is 0.00249. The van der Waals surface area contributed by atoms with Crippen molar-refractivity contribution in [2.75, 3.05) is 11.9 Å². The van der Waals surface area contributed by atoms with Gasteiger partial charge < -0.3 is 10.4 Å². The number of hydrogen-bond donors (Lipinski definition) is 2. The molecule has 0 radical (unpaired) electrons. The van der Waals surface area contributed by atoms with Crippen LogP contribution in [0.4, 0.5) is 5.69 Å². The molecule has 2 nitrogen and oxygen atoms in total. The highest BCUT2D eigenvalue weighted by Gasteiger charge is 2.25. The first-order valence-corrected chi connectivity index (χ1v) is 6.63. The van der Waals surface area contributed by atoms with Crippen LogP contribution < -0.4 is 5.32 Å². The molecule has 0 saturated heterocycles. The first-order chi connectivity index (χ1) is 9.03. The molecule has 2 aromatic carbocycles. The van der Waals surface area contributed by atoms with Crippen LogP contribution in [0.25, 0.3) is 0 Å². The Morgan fingerprint density at radius 1 is 1.05 bits per heavy atom. The summed E-state index contributed by atoms with van der Waals surface area (Å²) in [5.74, 6) is 0. The number of aliphatic hydroxyl groups excluding tert-OH is 1. The molecule has 19 heavy (non-hydrogen) atoms. The van der Waals surface area contributed by atoms with Gasteiger partial charge in [-0.05, 0) is 43.7 Å². The van der Waals surface area contributed by atoms with Crippen molar-refractivity contribution >= 4 is 17.3 Å². The number of aliphatic hydroxyl groups is 1. The fourth-order valence-electron chi connectivity index (χ4n) is 1.98. The Bertz CT molecular complexity index is 536.